The molecule has 2 aromatic rings. The van der Waals surface area contributed by atoms with Gasteiger partial charge >= 0.3 is 0 Å². The summed E-state index contributed by atoms with van der Waals surface area (Å²) in [6, 6.07) is 6.29. The molecular formula is C13H16ClN3O. The number of nitrogens with zero attached hydrogens (tertiary/aromatic N) is 1. The van der Waals surface area contributed by atoms with E-state index < -0.39 is 0 Å². The molecule has 0 saturated carbocycles. The van der Waals surface area contributed by atoms with Gasteiger partial charge in [0.05, 0.1) is 18.9 Å². The molecule has 1 aromatic carbocycles. The largest absolute Gasteiger partial charge is 0.372 e. The summed E-state index contributed by atoms with van der Waals surface area (Å²) in [5, 5.41) is 6.86. The molecule has 1 aromatic heterocycles. The predicted molar refractivity (Wildman–Crippen MR) is 72.7 cm³/mol. The molecule has 96 valence electrons. The maximum Gasteiger partial charge on any atom is 0.0950 e. The Hall–Kier alpha value is -1.36. The fourth-order valence-corrected chi connectivity index (χ4v) is 2.44. The van der Waals surface area contributed by atoms with E-state index in [4.69, 9.17) is 10.5 Å². The lowest BCUT2D eigenvalue weighted by Gasteiger charge is -2.26. The lowest BCUT2D eigenvalue weighted by Crippen LogP contribution is -2.23. The number of nitrogens with one attached hydrogen (secondary N) is 1. The number of hydrogen-bond acceptors (Lipinski definition) is 3. The third-order valence-corrected chi connectivity index (χ3v) is 3.25. The standard InChI is InChI=1S/C13H15N3O.ClH/c14-6-13-12-3-1-2-10(9-7-15-16-8-9)11(12)4-5-17-13;/h1-3,7-8,13H,4-6,14H2,(H,15,16);1H/t13-;/m1./s1. The van der Waals surface area contributed by atoms with Crippen LogP contribution in [0.3, 0.4) is 0 Å². The maximum atomic E-state index is 5.74. The molecule has 0 bridgehead atoms. The summed E-state index contributed by atoms with van der Waals surface area (Å²) in [6.07, 6.45) is 4.74. The molecular weight excluding hydrogens is 250 g/mol. The van der Waals surface area contributed by atoms with Crippen molar-refractivity contribution in [2.75, 3.05) is 13.2 Å². The summed E-state index contributed by atoms with van der Waals surface area (Å²) in [7, 11) is 0. The van der Waals surface area contributed by atoms with E-state index in [1.165, 1.54) is 16.7 Å². The number of aromatic amines is 1. The minimum atomic E-state index is 0. The zero-order chi connectivity index (χ0) is 11.7. The van der Waals surface area contributed by atoms with Crippen molar-refractivity contribution in [3.05, 3.63) is 41.7 Å². The molecule has 3 rings (SSSR count). The molecule has 4 nitrogen and oxygen atoms in total. The maximum absolute atomic E-state index is 5.74. The number of halogens is 1. The van der Waals surface area contributed by atoms with Gasteiger partial charge in [-0.25, -0.2) is 0 Å². The van der Waals surface area contributed by atoms with Crippen molar-refractivity contribution in [1.82, 2.24) is 10.2 Å². The first-order valence-electron chi connectivity index (χ1n) is 5.82. The molecule has 0 aliphatic carbocycles. The van der Waals surface area contributed by atoms with Gasteiger partial charge in [-0.3, -0.25) is 5.10 Å². The molecule has 5 heteroatoms. The van der Waals surface area contributed by atoms with Crippen LogP contribution in [0.4, 0.5) is 0 Å². The third-order valence-electron chi connectivity index (χ3n) is 3.25. The van der Waals surface area contributed by atoms with Crippen LogP contribution in [-0.2, 0) is 11.2 Å². The summed E-state index contributed by atoms with van der Waals surface area (Å²) in [5.74, 6) is 0. The molecule has 0 spiro atoms. The van der Waals surface area contributed by atoms with E-state index in [9.17, 15) is 0 Å². The summed E-state index contributed by atoms with van der Waals surface area (Å²) in [6.45, 7) is 1.27. The minimum Gasteiger partial charge on any atom is -0.372 e. The SMILES string of the molecule is Cl.NC[C@H]1OCCc2c(-c3cn[nH]c3)cccc21. The number of hydrogen-bond donors (Lipinski definition) is 2. The van der Waals surface area contributed by atoms with Crippen molar-refractivity contribution in [2.45, 2.75) is 12.5 Å². The Morgan fingerprint density at radius 2 is 2.33 bits per heavy atom. The molecule has 0 unspecified atom stereocenters. The van der Waals surface area contributed by atoms with Gasteiger partial charge < -0.3 is 10.5 Å². The van der Waals surface area contributed by atoms with Gasteiger partial charge in [-0.2, -0.15) is 5.10 Å². The molecule has 0 saturated heterocycles. The molecule has 1 aliphatic rings. The summed E-state index contributed by atoms with van der Waals surface area (Å²) in [4.78, 5) is 0. The van der Waals surface area contributed by atoms with E-state index in [0.717, 1.165) is 18.6 Å². The van der Waals surface area contributed by atoms with E-state index in [1.807, 2.05) is 12.4 Å². The normalized spacial score (nSPS) is 17.9. The average molecular weight is 266 g/mol. The van der Waals surface area contributed by atoms with Crippen LogP contribution in [0.5, 0.6) is 0 Å². The van der Waals surface area contributed by atoms with Gasteiger partial charge in [-0.05, 0) is 23.1 Å². The van der Waals surface area contributed by atoms with Gasteiger partial charge in [0.2, 0.25) is 0 Å². The second-order valence-corrected chi connectivity index (χ2v) is 4.21. The Labute approximate surface area is 112 Å². The highest BCUT2D eigenvalue weighted by atomic mass is 35.5. The number of ether oxygens (including phenoxy) is 1. The molecule has 2 heterocycles. The Kier molecular flexibility index (Phi) is 4.01. The molecule has 3 N–H and O–H groups in total. The van der Waals surface area contributed by atoms with Crippen molar-refractivity contribution in [2.24, 2.45) is 5.73 Å². The number of H-pyrrole nitrogens is 1. The topological polar surface area (TPSA) is 63.9 Å². The Morgan fingerprint density at radius 3 is 3.06 bits per heavy atom. The molecule has 1 atom stereocenters. The van der Waals surface area contributed by atoms with Gasteiger partial charge in [0.1, 0.15) is 0 Å². The summed E-state index contributed by atoms with van der Waals surface area (Å²) >= 11 is 0. The third kappa shape index (κ3) is 2.14. The predicted octanol–water partition coefficient (Wildman–Crippen LogP) is 2.07. The van der Waals surface area contributed by atoms with Crippen LogP contribution in [0.15, 0.2) is 30.6 Å². The first-order chi connectivity index (χ1) is 8.40. The molecule has 0 radical (unpaired) electrons. The van der Waals surface area contributed by atoms with Crippen LogP contribution in [0.25, 0.3) is 11.1 Å². The molecule has 18 heavy (non-hydrogen) atoms. The number of benzene rings is 1. The lowest BCUT2D eigenvalue weighted by molar-refractivity contribution is 0.0486. The highest BCUT2D eigenvalue weighted by Gasteiger charge is 2.22. The molecule has 0 amide bonds. The van der Waals surface area contributed by atoms with Gasteiger partial charge in [-0.1, -0.05) is 18.2 Å². The van der Waals surface area contributed by atoms with E-state index in [2.05, 4.69) is 28.4 Å². The summed E-state index contributed by atoms with van der Waals surface area (Å²) in [5.41, 5.74) is 10.7. The Balaban J connectivity index is 0.00000120. The van der Waals surface area contributed by atoms with Crippen LogP contribution >= 0.6 is 12.4 Å². The number of nitrogens with two attached hydrogens (primary N) is 1. The van der Waals surface area contributed by atoms with Crippen LogP contribution in [-0.4, -0.2) is 23.3 Å². The minimum absolute atomic E-state index is 0. The zero-order valence-electron chi connectivity index (χ0n) is 9.93. The molecule has 1 aliphatic heterocycles. The summed E-state index contributed by atoms with van der Waals surface area (Å²) < 4.78 is 5.68. The first-order valence-corrected chi connectivity index (χ1v) is 5.82. The van der Waals surface area contributed by atoms with E-state index in [-0.39, 0.29) is 18.5 Å². The van der Waals surface area contributed by atoms with Crippen molar-refractivity contribution < 1.29 is 4.74 Å². The van der Waals surface area contributed by atoms with Gasteiger partial charge in [0, 0.05) is 18.3 Å². The number of aromatic nitrogens is 2. The lowest BCUT2D eigenvalue weighted by atomic mass is 9.90. The van der Waals surface area contributed by atoms with Gasteiger partial charge in [-0.15, -0.1) is 12.4 Å². The van der Waals surface area contributed by atoms with Crippen molar-refractivity contribution in [3.63, 3.8) is 0 Å². The van der Waals surface area contributed by atoms with Crippen molar-refractivity contribution in [3.8, 4) is 11.1 Å². The quantitative estimate of drug-likeness (QED) is 0.874. The highest BCUT2D eigenvalue weighted by Crippen LogP contribution is 2.33. The van der Waals surface area contributed by atoms with Crippen LogP contribution in [0.1, 0.15) is 17.2 Å². The smallest absolute Gasteiger partial charge is 0.0950 e. The van der Waals surface area contributed by atoms with Crippen molar-refractivity contribution >= 4 is 12.4 Å². The average Bonchev–Trinajstić information content (AvgIpc) is 2.91. The number of fused-ring (bicyclic) bond motifs is 1. The van der Waals surface area contributed by atoms with Crippen LogP contribution in [0, 0.1) is 0 Å². The number of rotatable bonds is 2. The van der Waals surface area contributed by atoms with E-state index >= 15 is 0 Å². The van der Waals surface area contributed by atoms with Gasteiger partial charge in [0.15, 0.2) is 0 Å². The van der Waals surface area contributed by atoms with Gasteiger partial charge in [0.25, 0.3) is 0 Å². The fourth-order valence-electron chi connectivity index (χ4n) is 2.44. The second kappa shape index (κ2) is 5.52. The highest BCUT2D eigenvalue weighted by molar-refractivity contribution is 5.85. The Bertz CT molecular complexity index is 513. The van der Waals surface area contributed by atoms with Crippen LogP contribution < -0.4 is 5.73 Å². The monoisotopic (exact) mass is 265 g/mol. The molecule has 0 fully saturated rings. The zero-order valence-corrected chi connectivity index (χ0v) is 10.7. The second-order valence-electron chi connectivity index (χ2n) is 4.21. The first kappa shape index (κ1) is 13.1. The van der Waals surface area contributed by atoms with Crippen LogP contribution in [0.2, 0.25) is 0 Å². The van der Waals surface area contributed by atoms with E-state index in [0.29, 0.717) is 6.54 Å². The van der Waals surface area contributed by atoms with Crippen molar-refractivity contribution in [1.29, 1.82) is 0 Å². The fraction of sp³-hybridized carbons (Fsp3) is 0.308. The Morgan fingerprint density at radius 1 is 1.44 bits per heavy atom. The van der Waals surface area contributed by atoms with E-state index in [1.54, 1.807) is 0 Å².